The van der Waals surface area contributed by atoms with E-state index in [9.17, 15) is 34.8 Å². The van der Waals surface area contributed by atoms with Crippen molar-refractivity contribution in [3.05, 3.63) is 112 Å². The summed E-state index contributed by atoms with van der Waals surface area (Å²) in [5.41, 5.74) is 3.88. The molecule has 16 heteroatoms. The number of carbonyl (C=O) groups is 2. The Labute approximate surface area is 314 Å². The van der Waals surface area contributed by atoms with Crippen molar-refractivity contribution in [1.29, 1.82) is 0 Å². The Bertz CT molecular complexity index is 2210. The largest absolute Gasteiger partial charge is 0.396 e. The number of rotatable bonds is 12. The molecule has 2 aliphatic rings. The van der Waals surface area contributed by atoms with E-state index in [1.165, 1.54) is 24.3 Å². The maximum Gasteiger partial charge on any atom is 0.255 e. The number of hydrogen-bond donors (Lipinski definition) is 3. The number of carbonyl (C=O) groups excluding carboxylic acids is 2. The SMILES string of the molecule is O=C(Nc1ccc(CN2CCS(=O)(=O)CC2)cc1)c1ccc(Cl)cc1.O=C1c2cc(S(=O)(=O)CCCO)ccc2-c2ccc(S(=O)(=O)CCCO)cc21. The highest BCUT2D eigenvalue weighted by atomic mass is 35.5. The molecule has 53 heavy (non-hydrogen) atoms. The summed E-state index contributed by atoms with van der Waals surface area (Å²) in [4.78, 5) is 27.1. The number of anilines is 1. The third-order valence-corrected chi connectivity index (χ3v) is 14.2. The first-order valence-electron chi connectivity index (χ1n) is 16.7. The summed E-state index contributed by atoms with van der Waals surface area (Å²) in [6.45, 7) is 1.35. The average Bonchev–Trinajstić information content (AvgIpc) is 3.42. The van der Waals surface area contributed by atoms with Crippen molar-refractivity contribution >= 4 is 58.5 Å². The highest BCUT2D eigenvalue weighted by Gasteiger charge is 2.30. The third kappa shape index (κ3) is 10.2. The molecule has 0 unspecified atom stereocenters. The Hall–Kier alpha value is -3.96. The second-order valence-corrected chi connectivity index (χ2v) is 19.6. The van der Waals surface area contributed by atoms with Gasteiger partial charge < -0.3 is 15.5 Å². The van der Waals surface area contributed by atoms with E-state index in [0.717, 1.165) is 5.56 Å². The Balaban J connectivity index is 0.000000206. The molecule has 1 heterocycles. The maximum absolute atomic E-state index is 12.8. The van der Waals surface area contributed by atoms with Gasteiger partial charge >= 0.3 is 0 Å². The van der Waals surface area contributed by atoms with Crippen LogP contribution in [-0.4, -0.2) is 101 Å². The molecule has 4 aromatic rings. The van der Waals surface area contributed by atoms with Gasteiger partial charge in [0.15, 0.2) is 35.3 Å². The smallest absolute Gasteiger partial charge is 0.255 e. The molecule has 4 aromatic carbocycles. The molecular weight excluding hydrogens is 764 g/mol. The fourth-order valence-electron chi connectivity index (χ4n) is 5.83. The van der Waals surface area contributed by atoms with Crippen molar-refractivity contribution in [3.8, 4) is 11.1 Å². The molecule has 0 bridgehead atoms. The maximum atomic E-state index is 12.8. The summed E-state index contributed by atoms with van der Waals surface area (Å²) in [7, 11) is -10.1. The van der Waals surface area contributed by atoms with Crippen LogP contribution in [0.4, 0.5) is 5.69 Å². The number of aliphatic hydroxyl groups excluding tert-OH is 2. The number of halogens is 1. The number of sulfone groups is 3. The number of nitrogens with zero attached hydrogens (tertiary/aromatic N) is 1. The topological polar surface area (TPSA) is 192 Å². The van der Waals surface area contributed by atoms with Gasteiger partial charge in [-0.2, -0.15) is 0 Å². The Morgan fingerprint density at radius 1 is 0.717 bits per heavy atom. The van der Waals surface area contributed by atoms with Gasteiger partial charge in [-0.3, -0.25) is 14.5 Å². The molecule has 1 saturated heterocycles. The van der Waals surface area contributed by atoms with Crippen LogP contribution < -0.4 is 5.32 Å². The number of fused-ring (bicyclic) bond motifs is 3. The number of hydrogen-bond acceptors (Lipinski definition) is 11. The molecule has 0 atom stereocenters. The first-order valence-corrected chi connectivity index (χ1v) is 22.2. The fraction of sp³-hybridized carbons (Fsp3) is 0.297. The Morgan fingerprint density at radius 2 is 1.21 bits per heavy atom. The van der Waals surface area contributed by atoms with Crippen LogP contribution in [0.5, 0.6) is 0 Å². The van der Waals surface area contributed by atoms with Gasteiger partial charge in [-0.1, -0.05) is 35.9 Å². The van der Waals surface area contributed by atoms with Gasteiger partial charge in [-0.25, -0.2) is 25.3 Å². The molecular formula is C37H39ClN2O10S3. The minimum Gasteiger partial charge on any atom is -0.396 e. The summed E-state index contributed by atoms with van der Waals surface area (Å²) in [6.07, 6.45) is 0.200. The van der Waals surface area contributed by atoms with Crippen molar-refractivity contribution in [2.45, 2.75) is 29.2 Å². The number of benzene rings is 4. The average molecular weight is 803 g/mol. The summed E-state index contributed by atoms with van der Waals surface area (Å²) in [6, 6.07) is 22.8. The molecule has 1 fully saturated rings. The van der Waals surface area contributed by atoms with Crippen LogP contribution in [0.15, 0.2) is 94.7 Å². The molecule has 0 aromatic heterocycles. The van der Waals surface area contributed by atoms with Crippen molar-refractivity contribution in [3.63, 3.8) is 0 Å². The molecule has 1 aliphatic heterocycles. The van der Waals surface area contributed by atoms with Crippen LogP contribution in [0.25, 0.3) is 11.1 Å². The molecule has 1 aliphatic carbocycles. The molecule has 0 saturated carbocycles. The lowest BCUT2D eigenvalue weighted by atomic mass is 10.1. The van der Waals surface area contributed by atoms with E-state index in [4.69, 9.17) is 21.8 Å². The Morgan fingerprint density at radius 3 is 1.68 bits per heavy atom. The zero-order valence-corrected chi connectivity index (χ0v) is 31.8. The highest BCUT2D eigenvalue weighted by molar-refractivity contribution is 7.92. The van der Waals surface area contributed by atoms with Gasteiger partial charge in [-0.15, -0.1) is 0 Å². The summed E-state index contributed by atoms with van der Waals surface area (Å²) < 4.78 is 72.3. The minimum absolute atomic E-state index is 0.00310. The predicted octanol–water partition coefficient (Wildman–Crippen LogP) is 4.03. The Kier molecular flexibility index (Phi) is 12.9. The quantitative estimate of drug-likeness (QED) is 0.165. The zero-order chi connectivity index (χ0) is 38.4. The van der Waals surface area contributed by atoms with Gasteiger partial charge in [-0.05, 0) is 90.2 Å². The second kappa shape index (κ2) is 17.0. The first-order chi connectivity index (χ1) is 25.1. The highest BCUT2D eigenvalue weighted by Crippen LogP contribution is 2.39. The lowest BCUT2D eigenvalue weighted by Crippen LogP contribution is -2.39. The van der Waals surface area contributed by atoms with Crippen LogP contribution in [0.3, 0.4) is 0 Å². The summed E-state index contributed by atoms with van der Waals surface area (Å²) in [5.74, 6) is -0.619. The van der Waals surface area contributed by atoms with Crippen LogP contribution in [0.2, 0.25) is 5.02 Å². The number of amides is 1. The summed E-state index contributed by atoms with van der Waals surface area (Å²) >= 11 is 5.82. The van der Waals surface area contributed by atoms with E-state index in [-0.39, 0.29) is 75.9 Å². The van der Waals surface area contributed by atoms with Crippen molar-refractivity contribution in [2.75, 3.05) is 54.6 Å². The second-order valence-electron chi connectivity index (χ2n) is 12.6. The van der Waals surface area contributed by atoms with Crippen LogP contribution >= 0.6 is 11.6 Å². The number of aliphatic hydroxyl groups is 2. The van der Waals surface area contributed by atoms with Gasteiger partial charge in [0, 0.05) is 60.2 Å². The van der Waals surface area contributed by atoms with Crippen molar-refractivity contribution in [2.24, 2.45) is 0 Å². The van der Waals surface area contributed by atoms with Crippen LogP contribution in [0, 0.1) is 0 Å². The van der Waals surface area contributed by atoms with Gasteiger partial charge in [0.25, 0.3) is 5.91 Å². The molecule has 282 valence electrons. The minimum atomic E-state index is -3.63. The lowest BCUT2D eigenvalue weighted by molar-refractivity contribution is 0.102. The van der Waals surface area contributed by atoms with E-state index >= 15 is 0 Å². The molecule has 3 N–H and O–H groups in total. The van der Waals surface area contributed by atoms with E-state index in [0.29, 0.717) is 47.0 Å². The van der Waals surface area contributed by atoms with E-state index < -0.39 is 35.3 Å². The zero-order valence-electron chi connectivity index (χ0n) is 28.6. The molecule has 0 spiro atoms. The normalized spacial score (nSPS) is 15.2. The molecule has 12 nitrogen and oxygen atoms in total. The monoisotopic (exact) mass is 802 g/mol. The lowest BCUT2D eigenvalue weighted by Gasteiger charge is -2.26. The van der Waals surface area contributed by atoms with Crippen molar-refractivity contribution < 1.29 is 45.1 Å². The van der Waals surface area contributed by atoms with Gasteiger partial charge in [0.1, 0.15) is 0 Å². The molecule has 6 rings (SSSR count). The van der Waals surface area contributed by atoms with Crippen LogP contribution in [0.1, 0.15) is 44.7 Å². The molecule has 0 radical (unpaired) electrons. The first kappa shape index (κ1) is 40.2. The van der Waals surface area contributed by atoms with Crippen LogP contribution in [-0.2, 0) is 36.1 Å². The van der Waals surface area contributed by atoms with Gasteiger partial charge in [0.2, 0.25) is 0 Å². The number of nitrogens with one attached hydrogen (secondary N) is 1. The van der Waals surface area contributed by atoms with E-state index in [1.807, 2.05) is 24.3 Å². The van der Waals surface area contributed by atoms with E-state index in [1.54, 1.807) is 36.4 Å². The number of ketones is 1. The predicted molar refractivity (Wildman–Crippen MR) is 203 cm³/mol. The van der Waals surface area contributed by atoms with Gasteiger partial charge in [0.05, 0.1) is 32.8 Å². The van der Waals surface area contributed by atoms with E-state index in [2.05, 4.69) is 10.2 Å². The fourth-order valence-corrected chi connectivity index (χ4v) is 9.87. The third-order valence-electron chi connectivity index (χ3n) is 8.78. The summed E-state index contributed by atoms with van der Waals surface area (Å²) in [5, 5.41) is 21.1. The van der Waals surface area contributed by atoms with Crippen molar-refractivity contribution in [1.82, 2.24) is 4.90 Å². The molecule has 1 amide bonds. The standard InChI is InChI=1S/C19H20O7S2.C18H19ClN2O3S/c20-7-1-9-27(23,24)13-3-5-15-16-6-4-14(28(25,26)10-2-8-21)12-18(16)19(22)17(15)11-13;19-16-5-3-15(4-6-16)18(22)20-17-7-1-14(2-8-17)13-21-9-11-25(23,24)12-10-21/h3-6,11-12,20-21H,1-2,7-10H2;1-8H,9-13H2,(H,20,22).